The average Bonchev–Trinajstić information content (AvgIpc) is 2.35. The van der Waals surface area contributed by atoms with Gasteiger partial charge in [-0.05, 0) is 45.2 Å². The van der Waals surface area contributed by atoms with Gasteiger partial charge in [-0.2, -0.15) is 0 Å². The van der Waals surface area contributed by atoms with Crippen molar-refractivity contribution in [3.63, 3.8) is 0 Å². The van der Waals surface area contributed by atoms with Gasteiger partial charge in [0.15, 0.2) is 0 Å². The van der Waals surface area contributed by atoms with Crippen LogP contribution in [0.3, 0.4) is 0 Å². The molecule has 1 atom stereocenters. The highest BCUT2D eigenvalue weighted by atomic mass is 16.6. The standard InChI is InChI=1S/C17H28N2O2/c1-12(2)14-9-7-8-10-15(14)19-13(3)11-18-16(20)21-17(4,5)6/h7-10,12-13,19H,11H2,1-6H3,(H,18,20). The van der Waals surface area contributed by atoms with Crippen molar-refractivity contribution in [2.24, 2.45) is 0 Å². The highest BCUT2D eigenvalue weighted by Gasteiger charge is 2.16. The molecule has 4 nitrogen and oxygen atoms in total. The SMILES string of the molecule is CC(CNC(=O)OC(C)(C)C)Nc1ccccc1C(C)C. The van der Waals surface area contributed by atoms with E-state index >= 15 is 0 Å². The maximum Gasteiger partial charge on any atom is 0.407 e. The number of anilines is 1. The van der Waals surface area contributed by atoms with Crippen LogP contribution in [0, 0.1) is 0 Å². The lowest BCUT2D eigenvalue weighted by Gasteiger charge is -2.22. The van der Waals surface area contributed by atoms with Crippen LogP contribution in [0.5, 0.6) is 0 Å². The van der Waals surface area contributed by atoms with Crippen LogP contribution in [0.1, 0.15) is 53.0 Å². The summed E-state index contributed by atoms with van der Waals surface area (Å²) in [5.41, 5.74) is 1.93. The quantitative estimate of drug-likeness (QED) is 0.857. The number of nitrogens with one attached hydrogen (secondary N) is 2. The van der Waals surface area contributed by atoms with Crippen LogP contribution in [0.4, 0.5) is 10.5 Å². The van der Waals surface area contributed by atoms with Crippen molar-refractivity contribution < 1.29 is 9.53 Å². The summed E-state index contributed by atoms with van der Waals surface area (Å²) in [4.78, 5) is 11.6. The van der Waals surface area contributed by atoms with Crippen molar-refractivity contribution in [3.8, 4) is 0 Å². The molecule has 0 aliphatic carbocycles. The summed E-state index contributed by atoms with van der Waals surface area (Å²) in [6.07, 6.45) is -0.381. The molecular weight excluding hydrogens is 264 g/mol. The zero-order valence-electron chi connectivity index (χ0n) is 14.0. The molecule has 1 rings (SSSR count). The fourth-order valence-corrected chi connectivity index (χ4v) is 2.00. The van der Waals surface area contributed by atoms with Gasteiger partial charge in [0.25, 0.3) is 0 Å². The van der Waals surface area contributed by atoms with Crippen LogP contribution < -0.4 is 10.6 Å². The van der Waals surface area contributed by atoms with Crippen LogP contribution in [0.2, 0.25) is 0 Å². The van der Waals surface area contributed by atoms with Gasteiger partial charge in [0.1, 0.15) is 5.60 Å². The Morgan fingerprint density at radius 1 is 1.19 bits per heavy atom. The van der Waals surface area contributed by atoms with E-state index in [0.717, 1.165) is 5.69 Å². The first-order valence-corrected chi connectivity index (χ1v) is 7.51. The molecule has 21 heavy (non-hydrogen) atoms. The predicted molar refractivity (Wildman–Crippen MR) is 87.9 cm³/mol. The molecule has 0 radical (unpaired) electrons. The summed E-state index contributed by atoms with van der Waals surface area (Å²) < 4.78 is 5.22. The van der Waals surface area contributed by atoms with Gasteiger partial charge in [-0.3, -0.25) is 0 Å². The summed E-state index contributed by atoms with van der Waals surface area (Å²) in [6, 6.07) is 8.38. The van der Waals surface area contributed by atoms with E-state index in [-0.39, 0.29) is 12.1 Å². The summed E-state index contributed by atoms with van der Waals surface area (Å²) >= 11 is 0. The largest absolute Gasteiger partial charge is 0.444 e. The van der Waals surface area contributed by atoms with Gasteiger partial charge in [0.05, 0.1) is 0 Å². The van der Waals surface area contributed by atoms with Crippen LogP contribution in [-0.2, 0) is 4.74 Å². The van der Waals surface area contributed by atoms with Crippen molar-refractivity contribution in [3.05, 3.63) is 29.8 Å². The molecule has 0 fully saturated rings. The van der Waals surface area contributed by atoms with Crippen molar-refractivity contribution in [2.45, 2.75) is 59.1 Å². The van der Waals surface area contributed by atoms with Crippen molar-refractivity contribution in [2.75, 3.05) is 11.9 Å². The number of amides is 1. The third-order valence-corrected chi connectivity index (χ3v) is 2.94. The van der Waals surface area contributed by atoms with Gasteiger partial charge in [-0.1, -0.05) is 32.0 Å². The van der Waals surface area contributed by atoms with Crippen LogP contribution in [-0.4, -0.2) is 24.3 Å². The molecule has 0 saturated heterocycles. The smallest absolute Gasteiger partial charge is 0.407 e. The van der Waals surface area contributed by atoms with Crippen molar-refractivity contribution >= 4 is 11.8 Å². The monoisotopic (exact) mass is 292 g/mol. The minimum absolute atomic E-state index is 0.123. The Labute approximate surface area is 128 Å². The highest BCUT2D eigenvalue weighted by Crippen LogP contribution is 2.24. The lowest BCUT2D eigenvalue weighted by atomic mass is 10.0. The minimum Gasteiger partial charge on any atom is -0.444 e. The number of hydrogen-bond acceptors (Lipinski definition) is 3. The van der Waals surface area contributed by atoms with E-state index in [0.29, 0.717) is 12.5 Å². The highest BCUT2D eigenvalue weighted by molar-refractivity contribution is 5.67. The molecule has 0 bridgehead atoms. The predicted octanol–water partition coefficient (Wildman–Crippen LogP) is 4.14. The van der Waals surface area contributed by atoms with Gasteiger partial charge in [-0.15, -0.1) is 0 Å². The second-order valence-corrected chi connectivity index (χ2v) is 6.67. The van der Waals surface area contributed by atoms with Gasteiger partial charge >= 0.3 is 6.09 Å². The molecule has 118 valence electrons. The molecule has 2 N–H and O–H groups in total. The van der Waals surface area contributed by atoms with E-state index < -0.39 is 5.60 Å². The van der Waals surface area contributed by atoms with Crippen LogP contribution >= 0.6 is 0 Å². The Balaban J connectivity index is 2.51. The summed E-state index contributed by atoms with van der Waals surface area (Å²) in [5, 5.41) is 6.22. The zero-order chi connectivity index (χ0) is 16.0. The third kappa shape index (κ3) is 6.52. The average molecular weight is 292 g/mol. The Bertz CT molecular complexity index is 464. The second kappa shape index (κ2) is 7.34. The van der Waals surface area contributed by atoms with E-state index in [1.165, 1.54) is 5.56 Å². The fourth-order valence-electron chi connectivity index (χ4n) is 2.00. The summed E-state index contributed by atoms with van der Waals surface area (Å²) in [5.74, 6) is 0.458. The molecule has 0 aliphatic rings. The third-order valence-electron chi connectivity index (χ3n) is 2.94. The van der Waals surface area contributed by atoms with Crippen molar-refractivity contribution in [1.29, 1.82) is 0 Å². The number of hydrogen-bond donors (Lipinski definition) is 2. The Kier molecular flexibility index (Phi) is 6.06. The molecule has 0 spiro atoms. The first-order chi connectivity index (χ1) is 9.69. The number of carbonyl (C=O) groups is 1. The Morgan fingerprint density at radius 3 is 2.38 bits per heavy atom. The lowest BCUT2D eigenvalue weighted by molar-refractivity contribution is 0.0526. The number of para-hydroxylation sites is 1. The lowest BCUT2D eigenvalue weighted by Crippen LogP contribution is -2.38. The first kappa shape index (κ1) is 17.3. The van der Waals surface area contributed by atoms with E-state index in [9.17, 15) is 4.79 Å². The van der Waals surface area contributed by atoms with Crippen molar-refractivity contribution in [1.82, 2.24) is 5.32 Å². The second-order valence-electron chi connectivity index (χ2n) is 6.67. The summed E-state index contributed by atoms with van der Waals surface area (Å²) in [6.45, 7) is 12.5. The first-order valence-electron chi connectivity index (χ1n) is 7.51. The topological polar surface area (TPSA) is 50.4 Å². The molecule has 1 aromatic carbocycles. The number of carbonyl (C=O) groups excluding carboxylic acids is 1. The normalized spacial score (nSPS) is 12.9. The Hall–Kier alpha value is -1.71. The van der Waals surface area contributed by atoms with Gasteiger partial charge in [-0.25, -0.2) is 4.79 Å². The molecule has 0 aliphatic heterocycles. The number of benzene rings is 1. The van der Waals surface area contributed by atoms with E-state index in [1.807, 2.05) is 39.8 Å². The Morgan fingerprint density at radius 2 is 1.81 bits per heavy atom. The fraction of sp³-hybridized carbons (Fsp3) is 0.588. The number of alkyl carbamates (subject to hydrolysis) is 1. The van der Waals surface area contributed by atoms with Crippen LogP contribution in [0.15, 0.2) is 24.3 Å². The van der Waals surface area contributed by atoms with E-state index in [2.05, 4.69) is 36.6 Å². The zero-order valence-corrected chi connectivity index (χ0v) is 14.0. The molecule has 4 heteroatoms. The maximum atomic E-state index is 11.6. The van der Waals surface area contributed by atoms with E-state index in [4.69, 9.17) is 4.74 Å². The summed E-state index contributed by atoms with van der Waals surface area (Å²) in [7, 11) is 0. The molecule has 0 heterocycles. The number of rotatable bonds is 5. The van der Waals surface area contributed by atoms with Gasteiger partial charge in [0, 0.05) is 18.3 Å². The minimum atomic E-state index is -0.467. The molecule has 1 unspecified atom stereocenters. The molecule has 1 amide bonds. The molecule has 0 saturated carbocycles. The van der Waals surface area contributed by atoms with Gasteiger partial charge < -0.3 is 15.4 Å². The number of ether oxygens (including phenoxy) is 1. The van der Waals surface area contributed by atoms with Crippen LogP contribution in [0.25, 0.3) is 0 Å². The maximum absolute atomic E-state index is 11.6. The van der Waals surface area contributed by atoms with Gasteiger partial charge in [0.2, 0.25) is 0 Å². The molecule has 0 aromatic heterocycles. The molecule has 1 aromatic rings. The van der Waals surface area contributed by atoms with E-state index in [1.54, 1.807) is 0 Å². The molecular formula is C17H28N2O2.